The number of aliphatic hydroxyl groups is 1. The fraction of sp³-hybridized carbons (Fsp3) is 0.562. The molecule has 0 spiro atoms. The smallest absolute Gasteiger partial charge is 0.228 e. The Morgan fingerprint density at radius 3 is 2.90 bits per heavy atom. The predicted molar refractivity (Wildman–Crippen MR) is 78.6 cm³/mol. The van der Waals surface area contributed by atoms with Gasteiger partial charge in [0.2, 0.25) is 5.91 Å². The molecule has 1 aromatic rings. The molecular formula is C16H22N2O2. The van der Waals surface area contributed by atoms with Crippen molar-refractivity contribution < 1.29 is 9.90 Å². The maximum atomic E-state index is 12.1. The first-order valence-electron chi connectivity index (χ1n) is 7.42. The Balaban J connectivity index is 1.70. The first kappa shape index (κ1) is 13.6. The van der Waals surface area contributed by atoms with Crippen molar-refractivity contribution in [3.63, 3.8) is 0 Å². The Bertz CT molecular complexity index is 503. The van der Waals surface area contributed by atoms with E-state index >= 15 is 0 Å². The number of aliphatic hydroxyl groups excluding tert-OH is 1. The van der Waals surface area contributed by atoms with E-state index in [1.165, 1.54) is 5.56 Å². The third kappa shape index (κ3) is 2.58. The molecule has 1 heterocycles. The van der Waals surface area contributed by atoms with Gasteiger partial charge in [0.1, 0.15) is 0 Å². The van der Waals surface area contributed by atoms with Crippen LogP contribution < -0.4 is 10.2 Å². The lowest BCUT2D eigenvalue weighted by Crippen LogP contribution is -2.39. The van der Waals surface area contributed by atoms with Crippen molar-refractivity contribution in [2.24, 2.45) is 5.92 Å². The van der Waals surface area contributed by atoms with Gasteiger partial charge in [0.05, 0.1) is 6.10 Å². The molecule has 2 aliphatic rings. The summed E-state index contributed by atoms with van der Waals surface area (Å²) in [6.07, 6.45) is 3.26. The molecule has 0 bridgehead atoms. The lowest BCUT2D eigenvalue weighted by Gasteiger charge is -2.32. The zero-order valence-corrected chi connectivity index (χ0v) is 11.9. The SMILES string of the molecule is CN1C(=O)CC(NCC2CCC(O)C2)c2ccccc21. The summed E-state index contributed by atoms with van der Waals surface area (Å²) in [5, 5.41) is 13.1. The molecule has 108 valence electrons. The summed E-state index contributed by atoms with van der Waals surface area (Å²) < 4.78 is 0. The van der Waals surface area contributed by atoms with Crippen LogP contribution in [0.4, 0.5) is 5.69 Å². The summed E-state index contributed by atoms with van der Waals surface area (Å²) in [4.78, 5) is 13.8. The van der Waals surface area contributed by atoms with Crippen LogP contribution in [0, 0.1) is 5.92 Å². The number of nitrogens with zero attached hydrogens (tertiary/aromatic N) is 1. The third-order valence-electron chi connectivity index (χ3n) is 4.59. The molecule has 1 saturated carbocycles. The molecule has 1 aliphatic carbocycles. The van der Waals surface area contributed by atoms with Gasteiger partial charge in [0, 0.05) is 25.2 Å². The van der Waals surface area contributed by atoms with Gasteiger partial charge in [0.15, 0.2) is 0 Å². The minimum absolute atomic E-state index is 0.104. The van der Waals surface area contributed by atoms with Crippen molar-refractivity contribution in [1.29, 1.82) is 0 Å². The first-order chi connectivity index (χ1) is 9.65. The van der Waals surface area contributed by atoms with Gasteiger partial charge >= 0.3 is 0 Å². The summed E-state index contributed by atoms with van der Waals surface area (Å²) >= 11 is 0. The van der Waals surface area contributed by atoms with E-state index in [2.05, 4.69) is 11.4 Å². The lowest BCUT2D eigenvalue weighted by molar-refractivity contribution is -0.119. The van der Waals surface area contributed by atoms with Crippen molar-refractivity contribution in [2.45, 2.75) is 37.8 Å². The molecule has 1 amide bonds. The molecule has 4 nitrogen and oxygen atoms in total. The van der Waals surface area contributed by atoms with E-state index in [1.807, 2.05) is 25.2 Å². The molecule has 0 radical (unpaired) electrons. The number of carbonyl (C=O) groups is 1. The van der Waals surface area contributed by atoms with E-state index in [-0.39, 0.29) is 18.1 Å². The number of nitrogens with one attached hydrogen (secondary N) is 1. The summed E-state index contributed by atoms with van der Waals surface area (Å²) in [7, 11) is 1.84. The standard InChI is InChI=1S/C16H22N2O2/c1-18-15-5-3-2-4-13(15)14(9-16(18)20)17-10-11-6-7-12(19)8-11/h2-5,11-12,14,17,19H,6-10H2,1H3. The van der Waals surface area contributed by atoms with Crippen LogP contribution in [0.2, 0.25) is 0 Å². The molecule has 1 aromatic carbocycles. The summed E-state index contributed by atoms with van der Waals surface area (Å²) in [6, 6.07) is 8.20. The zero-order valence-electron chi connectivity index (χ0n) is 11.9. The molecule has 1 aliphatic heterocycles. The van der Waals surface area contributed by atoms with Crippen LogP contribution in [0.25, 0.3) is 0 Å². The van der Waals surface area contributed by atoms with E-state index in [0.29, 0.717) is 12.3 Å². The van der Waals surface area contributed by atoms with Gasteiger partial charge in [0.25, 0.3) is 0 Å². The number of amides is 1. The average Bonchev–Trinajstić information content (AvgIpc) is 2.87. The molecule has 3 rings (SSSR count). The average molecular weight is 274 g/mol. The van der Waals surface area contributed by atoms with Gasteiger partial charge in [-0.1, -0.05) is 18.2 Å². The second kappa shape index (κ2) is 5.54. The van der Waals surface area contributed by atoms with Crippen LogP contribution in [0.5, 0.6) is 0 Å². The van der Waals surface area contributed by atoms with Gasteiger partial charge in [-0.2, -0.15) is 0 Å². The topological polar surface area (TPSA) is 52.6 Å². The monoisotopic (exact) mass is 274 g/mol. The van der Waals surface area contributed by atoms with Crippen LogP contribution in [0.1, 0.15) is 37.3 Å². The zero-order chi connectivity index (χ0) is 14.1. The molecular weight excluding hydrogens is 252 g/mol. The van der Waals surface area contributed by atoms with E-state index in [9.17, 15) is 9.90 Å². The Kier molecular flexibility index (Phi) is 3.76. The van der Waals surface area contributed by atoms with Crippen molar-refractivity contribution >= 4 is 11.6 Å². The number of anilines is 1. The fourth-order valence-electron chi connectivity index (χ4n) is 3.37. The molecule has 20 heavy (non-hydrogen) atoms. The summed E-state index contributed by atoms with van der Waals surface area (Å²) in [5.74, 6) is 0.694. The Morgan fingerprint density at radius 2 is 2.15 bits per heavy atom. The third-order valence-corrected chi connectivity index (χ3v) is 4.59. The summed E-state index contributed by atoms with van der Waals surface area (Å²) in [6.45, 7) is 0.882. The lowest BCUT2D eigenvalue weighted by atomic mass is 9.95. The van der Waals surface area contributed by atoms with Crippen LogP contribution in [0.15, 0.2) is 24.3 Å². The van der Waals surface area contributed by atoms with Crippen molar-refractivity contribution in [2.75, 3.05) is 18.5 Å². The van der Waals surface area contributed by atoms with Crippen LogP contribution in [0.3, 0.4) is 0 Å². The Morgan fingerprint density at radius 1 is 1.35 bits per heavy atom. The number of hydrogen-bond donors (Lipinski definition) is 2. The molecule has 0 saturated heterocycles. The number of hydrogen-bond acceptors (Lipinski definition) is 3. The quantitative estimate of drug-likeness (QED) is 0.884. The fourth-order valence-corrected chi connectivity index (χ4v) is 3.37. The van der Waals surface area contributed by atoms with Gasteiger partial charge < -0.3 is 15.3 Å². The highest BCUT2D eigenvalue weighted by Gasteiger charge is 2.30. The molecule has 0 aromatic heterocycles. The van der Waals surface area contributed by atoms with Crippen molar-refractivity contribution in [3.8, 4) is 0 Å². The number of benzene rings is 1. The Labute approximate surface area is 119 Å². The number of rotatable bonds is 3. The molecule has 3 atom stereocenters. The number of fused-ring (bicyclic) bond motifs is 1. The predicted octanol–water partition coefficient (Wildman–Crippen LogP) is 1.84. The van der Waals surface area contributed by atoms with Crippen molar-refractivity contribution in [3.05, 3.63) is 29.8 Å². The van der Waals surface area contributed by atoms with E-state index < -0.39 is 0 Å². The van der Waals surface area contributed by atoms with E-state index in [1.54, 1.807) is 4.90 Å². The summed E-state index contributed by atoms with van der Waals surface area (Å²) in [5.41, 5.74) is 2.21. The second-order valence-corrected chi connectivity index (χ2v) is 6.01. The van der Waals surface area contributed by atoms with E-state index in [0.717, 1.165) is 31.5 Å². The van der Waals surface area contributed by atoms with E-state index in [4.69, 9.17) is 0 Å². The van der Waals surface area contributed by atoms with Crippen LogP contribution in [-0.2, 0) is 4.79 Å². The normalized spacial score (nSPS) is 29.6. The second-order valence-electron chi connectivity index (χ2n) is 6.01. The largest absolute Gasteiger partial charge is 0.393 e. The van der Waals surface area contributed by atoms with Gasteiger partial charge in [-0.05, 0) is 43.4 Å². The van der Waals surface area contributed by atoms with Gasteiger partial charge in [-0.25, -0.2) is 0 Å². The number of para-hydroxylation sites is 1. The first-order valence-corrected chi connectivity index (χ1v) is 7.42. The minimum atomic E-state index is -0.131. The minimum Gasteiger partial charge on any atom is -0.393 e. The maximum absolute atomic E-state index is 12.1. The molecule has 2 N–H and O–H groups in total. The van der Waals surface area contributed by atoms with Gasteiger partial charge in [-0.3, -0.25) is 4.79 Å². The number of carbonyl (C=O) groups excluding carboxylic acids is 1. The van der Waals surface area contributed by atoms with Gasteiger partial charge in [-0.15, -0.1) is 0 Å². The molecule has 1 fully saturated rings. The van der Waals surface area contributed by atoms with Crippen LogP contribution in [-0.4, -0.2) is 30.7 Å². The molecule has 4 heteroatoms. The highest BCUT2D eigenvalue weighted by atomic mass is 16.3. The Hall–Kier alpha value is -1.39. The van der Waals surface area contributed by atoms with Crippen LogP contribution >= 0.6 is 0 Å². The van der Waals surface area contributed by atoms with Crippen molar-refractivity contribution in [1.82, 2.24) is 5.32 Å². The highest BCUT2D eigenvalue weighted by Crippen LogP contribution is 2.34. The highest BCUT2D eigenvalue weighted by molar-refractivity contribution is 5.96. The molecule has 3 unspecified atom stereocenters. The maximum Gasteiger partial charge on any atom is 0.228 e.